The molecule has 0 saturated carbocycles. The SMILES string of the molecule is CCC(C)[C@H]1COC(c2ccc3ccccc3c2-c2c(C3=N[C@@H](C(C)CC)CO3)ccc3ccccc23)=N1. The van der Waals surface area contributed by atoms with Crippen molar-refractivity contribution >= 4 is 33.3 Å². The van der Waals surface area contributed by atoms with Gasteiger partial charge >= 0.3 is 0 Å². The van der Waals surface area contributed by atoms with E-state index in [1.54, 1.807) is 0 Å². The van der Waals surface area contributed by atoms with Gasteiger partial charge in [-0.2, -0.15) is 0 Å². The van der Waals surface area contributed by atoms with E-state index in [1.807, 2.05) is 0 Å². The van der Waals surface area contributed by atoms with Gasteiger partial charge in [0.15, 0.2) is 0 Å². The van der Waals surface area contributed by atoms with Gasteiger partial charge in [0.25, 0.3) is 0 Å². The molecule has 194 valence electrons. The number of nitrogens with zero attached hydrogens (tertiary/aromatic N) is 2. The summed E-state index contributed by atoms with van der Waals surface area (Å²) in [5.74, 6) is 2.43. The fraction of sp³-hybridized carbons (Fsp3) is 0.353. The van der Waals surface area contributed by atoms with Gasteiger partial charge in [-0.1, -0.05) is 101 Å². The molecule has 2 unspecified atom stereocenters. The average molecular weight is 505 g/mol. The Balaban J connectivity index is 1.64. The molecule has 2 aliphatic rings. The molecule has 0 aliphatic carbocycles. The van der Waals surface area contributed by atoms with Crippen LogP contribution in [0.4, 0.5) is 0 Å². The Hall–Kier alpha value is -3.66. The van der Waals surface area contributed by atoms with E-state index in [2.05, 4.69) is 100 Å². The second-order valence-corrected chi connectivity index (χ2v) is 10.8. The molecular formula is C34H36N2O2. The molecule has 0 bridgehead atoms. The maximum Gasteiger partial charge on any atom is 0.217 e. The number of aliphatic imine (C=N–C) groups is 2. The lowest BCUT2D eigenvalue weighted by Gasteiger charge is -2.19. The molecule has 0 saturated heterocycles. The smallest absolute Gasteiger partial charge is 0.217 e. The zero-order valence-corrected chi connectivity index (χ0v) is 22.8. The van der Waals surface area contributed by atoms with Crippen LogP contribution in [0.1, 0.15) is 51.7 Å². The predicted octanol–water partition coefficient (Wildman–Crippen LogP) is 8.04. The molecular weight excluding hydrogens is 468 g/mol. The van der Waals surface area contributed by atoms with Gasteiger partial charge in [-0.05, 0) is 45.5 Å². The first-order valence-electron chi connectivity index (χ1n) is 14.0. The lowest BCUT2D eigenvalue weighted by atomic mass is 9.87. The van der Waals surface area contributed by atoms with Crippen molar-refractivity contribution < 1.29 is 9.47 Å². The molecule has 4 atom stereocenters. The van der Waals surface area contributed by atoms with Crippen LogP contribution in [0.5, 0.6) is 0 Å². The Morgan fingerprint density at radius 1 is 0.632 bits per heavy atom. The molecule has 6 rings (SSSR count). The first-order chi connectivity index (χ1) is 18.6. The summed E-state index contributed by atoms with van der Waals surface area (Å²) in [7, 11) is 0. The van der Waals surface area contributed by atoms with E-state index < -0.39 is 0 Å². The molecule has 4 nitrogen and oxygen atoms in total. The summed E-state index contributed by atoms with van der Waals surface area (Å²) in [5.41, 5.74) is 4.34. The van der Waals surface area contributed by atoms with Gasteiger partial charge < -0.3 is 9.47 Å². The molecule has 0 spiro atoms. The number of hydrogen-bond acceptors (Lipinski definition) is 4. The summed E-state index contributed by atoms with van der Waals surface area (Å²) in [5, 5.41) is 4.74. The largest absolute Gasteiger partial charge is 0.475 e. The van der Waals surface area contributed by atoms with E-state index in [4.69, 9.17) is 19.5 Å². The third kappa shape index (κ3) is 4.26. The van der Waals surface area contributed by atoms with Crippen molar-refractivity contribution in [1.29, 1.82) is 0 Å². The molecule has 4 aromatic carbocycles. The van der Waals surface area contributed by atoms with Crippen LogP contribution in [0.2, 0.25) is 0 Å². The quantitative estimate of drug-likeness (QED) is 0.256. The van der Waals surface area contributed by atoms with Crippen LogP contribution in [0.15, 0.2) is 82.8 Å². The summed E-state index contributed by atoms with van der Waals surface area (Å²) in [6.07, 6.45) is 2.16. The monoisotopic (exact) mass is 504 g/mol. The maximum atomic E-state index is 6.31. The molecule has 0 fully saturated rings. The fourth-order valence-electron chi connectivity index (χ4n) is 5.64. The summed E-state index contributed by atoms with van der Waals surface area (Å²) in [6, 6.07) is 26.3. The Bertz CT molecular complexity index is 1440. The van der Waals surface area contributed by atoms with Crippen molar-refractivity contribution in [2.75, 3.05) is 13.2 Å². The van der Waals surface area contributed by atoms with Crippen molar-refractivity contribution in [3.05, 3.63) is 83.9 Å². The second-order valence-electron chi connectivity index (χ2n) is 10.8. The van der Waals surface area contributed by atoms with Crippen LogP contribution in [0.3, 0.4) is 0 Å². The van der Waals surface area contributed by atoms with Crippen molar-refractivity contribution in [1.82, 2.24) is 0 Å². The van der Waals surface area contributed by atoms with Crippen molar-refractivity contribution in [2.24, 2.45) is 21.8 Å². The van der Waals surface area contributed by atoms with Gasteiger partial charge in [0, 0.05) is 22.3 Å². The Morgan fingerprint density at radius 3 is 1.47 bits per heavy atom. The van der Waals surface area contributed by atoms with Crippen LogP contribution in [0.25, 0.3) is 32.7 Å². The van der Waals surface area contributed by atoms with Gasteiger partial charge in [-0.25, -0.2) is 9.98 Å². The van der Waals surface area contributed by atoms with Gasteiger partial charge in [0.05, 0.1) is 12.1 Å². The highest BCUT2D eigenvalue weighted by Gasteiger charge is 2.30. The van der Waals surface area contributed by atoms with E-state index in [9.17, 15) is 0 Å². The summed E-state index contributed by atoms with van der Waals surface area (Å²) in [6.45, 7) is 10.2. The van der Waals surface area contributed by atoms with Crippen molar-refractivity contribution in [3.8, 4) is 11.1 Å². The van der Waals surface area contributed by atoms with E-state index in [0.717, 1.165) is 46.9 Å². The van der Waals surface area contributed by atoms with E-state index in [0.29, 0.717) is 25.0 Å². The fourth-order valence-corrected chi connectivity index (χ4v) is 5.64. The molecule has 0 aromatic heterocycles. The molecule has 0 radical (unpaired) electrons. The minimum atomic E-state index is 0.181. The highest BCUT2D eigenvalue weighted by Crippen LogP contribution is 2.41. The van der Waals surface area contributed by atoms with Gasteiger partial charge in [-0.3, -0.25) is 0 Å². The van der Waals surface area contributed by atoms with Crippen molar-refractivity contribution in [3.63, 3.8) is 0 Å². The molecule has 2 heterocycles. The lowest BCUT2D eigenvalue weighted by Crippen LogP contribution is -2.16. The second kappa shape index (κ2) is 10.2. The highest BCUT2D eigenvalue weighted by atomic mass is 16.5. The van der Waals surface area contributed by atoms with E-state index in [1.165, 1.54) is 21.5 Å². The number of hydrogen-bond donors (Lipinski definition) is 0. The van der Waals surface area contributed by atoms with Crippen LogP contribution >= 0.6 is 0 Å². The molecule has 38 heavy (non-hydrogen) atoms. The van der Waals surface area contributed by atoms with Crippen LogP contribution in [0, 0.1) is 11.8 Å². The minimum Gasteiger partial charge on any atom is -0.475 e. The van der Waals surface area contributed by atoms with E-state index in [-0.39, 0.29) is 12.1 Å². The number of ether oxygens (including phenoxy) is 2. The van der Waals surface area contributed by atoms with Crippen LogP contribution in [-0.4, -0.2) is 37.1 Å². The number of rotatable bonds is 7. The molecule has 0 amide bonds. The third-order valence-corrected chi connectivity index (χ3v) is 8.52. The first-order valence-corrected chi connectivity index (χ1v) is 14.0. The van der Waals surface area contributed by atoms with Gasteiger partial charge in [0.1, 0.15) is 13.2 Å². The predicted molar refractivity (Wildman–Crippen MR) is 158 cm³/mol. The Labute approximate surface area is 225 Å². The van der Waals surface area contributed by atoms with E-state index >= 15 is 0 Å². The zero-order valence-electron chi connectivity index (χ0n) is 22.8. The lowest BCUT2D eigenvalue weighted by molar-refractivity contribution is 0.282. The number of benzene rings is 4. The van der Waals surface area contributed by atoms with Gasteiger partial charge in [0.2, 0.25) is 11.8 Å². The number of fused-ring (bicyclic) bond motifs is 2. The Morgan fingerprint density at radius 2 is 1.05 bits per heavy atom. The summed E-state index contributed by atoms with van der Waals surface area (Å²) < 4.78 is 12.6. The highest BCUT2D eigenvalue weighted by molar-refractivity contribution is 6.19. The minimum absolute atomic E-state index is 0.181. The standard InChI is InChI=1S/C34H36N2O2/c1-5-21(3)29-19-37-33(35-29)27-17-15-23-11-7-9-13-25(23)31(27)32-26-14-10-8-12-24(26)16-18-28(32)34-36-30(20-38-34)22(4)6-2/h7-18,21-22,29-30H,5-6,19-20H2,1-4H3/t21?,22?,29-,30-/m1/s1. The average Bonchev–Trinajstić information content (AvgIpc) is 3.66. The summed E-state index contributed by atoms with van der Waals surface area (Å²) in [4.78, 5) is 10.2. The molecule has 2 aliphatic heterocycles. The molecule has 0 N–H and O–H groups in total. The van der Waals surface area contributed by atoms with Gasteiger partial charge in [-0.15, -0.1) is 0 Å². The maximum absolute atomic E-state index is 6.31. The van der Waals surface area contributed by atoms with Crippen LogP contribution < -0.4 is 0 Å². The third-order valence-electron chi connectivity index (χ3n) is 8.52. The van der Waals surface area contributed by atoms with Crippen LogP contribution in [-0.2, 0) is 9.47 Å². The topological polar surface area (TPSA) is 43.2 Å². The normalized spacial score (nSPS) is 20.6. The molecule has 4 aromatic rings. The van der Waals surface area contributed by atoms with Crippen molar-refractivity contribution in [2.45, 2.75) is 52.6 Å². The first kappa shape index (κ1) is 24.7. The Kier molecular flexibility index (Phi) is 6.65. The molecule has 4 heteroatoms. The summed E-state index contributed by atoms with van der Waals surface area (Å²) >= 11 is 0. The zero-order chi connectivity index (χ0) is 26.2.